The van der Waals surface area contributed by atoms with E-state index in [4.69, 9.17) is 9.47 Å². The van der Waals surface area contributed by atoms with Gasteiger partial charge in [0.05, 0.1) is 12.2 Å². The van der Waals surface area contributed by atoms with Gasteiger partial charge in [0.1, 0.15) is 10.7 Å². The first kappa shape index (κ1) is 28.3. The molecule has 0 spiro atoms. The van der Waals surface area contributed by atoms with Crippen molar-refractivity contribution < 1.29 is 23.9 Å². The lowest BCUT2D eigenvalue weighted by atomic mass is 9.97. The minimum Gasteiger partial charge on any atom is -0.462 e. The van der Waals surface area contributed by atoms with Gasteiger partial charge in [0.25, 0.3) is 11.5 Å². The van der Waals surface area contributed by atoms with Crippen LogP contribution in [0.4, 0.5) is 5.00 Å². The van der Waals surface area contributed by atoms with Crippen LogP contribution in [-0.4, -0.2) is 35.1 Å². The quantitative estimate of drug-likeness (QED) is 0.219. The van der Waals surface area contributed by atoms with E-state index in [-0.39, 0.29) is 17.9 Å². The maximum atomic E-state index is 13.6. The van der Waals surface area contributed by atoms with Gasteiger partial charge in [0, 0.05) is 22.9 Å². The first-order valence-corrected chi connectivity index (χ1v) is 14.6. The van der Waals surface area contributed by atoms with Crippen molar-refractivity contribution in [3.8, 4) is 11.1 Å². The lowest BCUT2D eigenvalue weighted by Gasteiger charge is -2.19. The highest BCUT2D eigenvalue weighted by Crippen LogP contribution is 2.38. The molecule has 0 aliphatic heterocycles. The number of carbonyl (C=O) groups excluding carboxylic acids is 3. The molecule has 0 saturated heterocycles. The summed E-state index contributed by atoms with van der Waals surface area (Å²) >= 11 is 1.38. The zero-order chi connectivity index (χ0) is 29.1. The Morgan fingerprint density at radius 2 is 1.63 bits per heavy atom. The summed E-state index contributed by atoms with van der Waals surface area (Å²) in [4.78, 5) is 54.1. The molecular weight excluding hydrogens is 540 g/mol. The second-order valence-corrected chi connectivity index (χ2v) is 11.1. The van der Waals surface area contributed by atoms with Crippen LogP contribution in [0.1, 0.15) is 64.4 Å². The molecule has 41 heavy (non-hydrogen) atoms. The van der Waals surface area contributed by atoms with Crippen molar-refractivity contribution in [2.45, 2.75) is 52.1 Å². The first-order chi connectivity index (χ1) is 19.8. The molecule has 212 valence electrons. The maximum absolute atomic E-state index is 13.6. The average Bonchev–Trinajstić information content (AvgIpc) is 3.15. The van der Waals surface area contributed by atoms with Gasteiger partial charge in [-0.15, -0.1) is 11.3 Å². The number of rotatable bonds is 7. The van der Waals surface area contributed by atoms with Gasteiger partial charge in [-0.1, -0.05) is 55.0 Å². The third-order valence-corrected chi connectivity index (χ3v) is 8.56. The monoisotopic (exact) mass is 572 g/mol. The van der Waals surface area contributed by atoms with Gasteiger partial charge in [0.15, 0.2) is 6.10 Å². The summed E-state index contributed by atoms with van der Waals surface area (Å²) in [6.45, 7) is 3.43. The van der Waals surface area contributed by atoms with Crippen LogP contribution in [0.3, 0.4) is 0 Å². The number of esters is 2. The Hall–Kier alpha value is -4.24. The molecule has 1 aliphatic rings. The van der Waals surface area contributed by atoms with E-state index in [2.05, 4.69) is 5.32 Å². The Morgan fingerprint density at radius 3 is 2.37 bits per heavy atom. The van der Waals surface area contributed by atoms with E-state index in [9.17, 15) is 19.2 Å². The van der Waals surface area contributed by atoms with Crippen molar-refractivity contribution in [3.05, 3.63) is 86.6 Å². The van der Waals surface area contributed by atoms with Gasteiger partial charge in [0.2, 0.25) is 0 Å². The van der Waals surface area contributed by atoms with Crippen molar-refractivity contribution >= 4 is 45.0 Å². The molecule has 0 bridgehead atoms. The van der Waals surface area contributed by atoms with Crippen molar-refractivity contribution in [1.82, 2.24) is 4.57 Å². The van der Waals surface area contributed by atoms with Crippen LogP contribution >= 0.6 is 11.3 Å². The number of thiophene rings is 1. The molecule has 2 heterocycles. The smallest absolute Gasteiger partial charge is 0.356 e. The van der Waals surface area contributed by atoms with Crippen LogP contribution < -0.4 is 10.9 Å². The van der Waals surface area contributed by atoms with Crippen LogP contribution in [0.25, 0.3) is 21.9 Å². The zero-order valence-corrected chi connectivity index (χ0v) is 24.1. The van der Waals surface area contributed by atoms with Crippen molar-refractivity contribution in [1.29, 1.82) is 0 Å². The number of anilines is 1. The fourth-order valence-corrected chi connectivity index (χ4v) is 6.61. The van der Waals surface area contributed by atoms with Crippen molar-refractivity contribution in [3.63, 3.8) is 0 Å². The second-order valence-electron chi connectivity index (χ2n) is 10.0. The summed E-state index contributed by atoms with van der Waals surface area (Å²) < 4.78 is 12.2. The van der Waals surface area contributed by atoms with E-state index < -0.39 is 23.9 Å². The summed E-state index contributed by atoms with van der Waals surface area (Å²) in [5.74, 6) is -1.85. The van der Waals surface area contributed by atoms with Crippen molar-refractivity contribution in [2.75, 3.05) is 11.9 Å². The minimum atomic E-state index is -1.20. The Balaban J connectivity index is 1.46. The van der Waals surface area contributed by atoms with Gasteiger partial charge in [-0.2, -0.15) is 0 Å². The summed E-state index contributed by atoms with van der Waals surface area (Å²) in [7, 11) is 1.52. The third kappa shape index (κ3) is 5.54. The van der Waals surface area contributed by atoms with Gasteiger partial charge in [-0.25, -0.2) is 9.59 Å². The lowest BCUT2D eigenvalue weighted by Crippen LogP contribution is -2.33. The predicted molar refractivity (Wildman–Crippen MR) is 160 cm³/mol. The lowest BCUT2D eigenvalue weighted by molar-refractivity contribution is -0.123. The number of hydrogen-bond donors (Lipinski definition) is 1. The summed E-state index contributed by atoms with van der Waals surface area (Å²) in [6, 6.07) is 16.4. The Morgan fingerprint density at radius 1 is 0.951 bits per heavy atom. The van der Waals surface area contributed by atoms with Crippen LogP contribution in [-0.2, 0) is 34.2 Å². The molecule has 8 nitrogen and oxygen atoms in total. The van der Waals surface area contributed by atoms with Crippen LogP contribution in [0, 0.1) is 0 Å². The average molecular weight is 573 g/mol. The molecule has 9 heteroatoms. The molecule has 0 saturated carbocycles. The predicted octanol–water partition coefficient (Wildman–Crippen LogP) is 5.90. The highest BCUT2D eigenvalue weighted by atomic mass is 32.1. The third-order valence-electron chi connectivity index (χ3n) is 7.35. The summed E-state index contributed by atoms with van der Waals surface area (Å²) in [5.41, 5.74) is 2.32. The number of ether oxygens (including phenoxy) is 2. The molecular formula is C32H32N2O6S. The summed E-state index contributed by atoms with van der Waals surface area (Å²) in [5, 5.41) is 4.32. The number of amides is 1. The number of aryl methyl sites for hydroxylation is 1. The second kappa shape index (κ2) is 12.1. The number of hydrogen-bond acceptors (Lipinski definition) is 7. The van der Waals surface area contributed by atoms with Crippen LogP contribution in [0.5, 0.6) is 0 Å². The number of nitrogens with one attached hydrogen (secondary N) is 1. The van der Waals surface area contributed by atoms with Crippen molar-refractivity contribution in [2.24, 2.45) is 7.05 Å². The standard InChI is InChI=1S/C32H32N2O6S/c1-4-39-31(37)26-23-17-9-6-10-18-24(23)41-29(26)33-28(35)19(2)40-32(38)27-25(20-13-7-5-8-14-20)21-15-11-12-16-22(21)30(36)34(27)3/h5,7-8,11-16,19H,4,6,9-10,17-18H2,1-3H3,(H,33,35). The van der Waals surface area contributed by atoms with Gasteiger partial charge in [-0.3, -0.25) is 9.59 Å². The number of carbonyl (C=O) groups is 3. The topological polar surface area (TPSA) is 104 Å². The fourth-order valence-electron chi connectivity index (χ4n) is 5.33. The van der Waals surface area contributed by atoms with E-state index in [1.807, 2.05) is 36.4 Å². The fraction of sp³-hybridized carbons (Fsp3) is 0.312. The largest absolute Gasteiger partial charge is 0.462 e. The molecule has 1 aliphatic carbocycles. The Kier molecular flexibility index (Phi) is 8.35. The van der Waals surface area contributed by atoms with E-state index in [1.165, 1.54) is 29.9 Å². The molecule has 1 amide bonds. The van der Waals surface area contributed by atoms with Gasteiger partial charge >= 0.3 is 11.9 Å². The number of aromatic nitrogens is 1. The first-order valence-electron chi connectivity index (χ1n) is 13.8. The number of nitrogens with zero attached hydrogens (tertiary/aromatic N) is 1. The van der Waals surface area contributed by atoms with E-state index in [0.29, 0.717) is 26.9 Å². The molecule has 1 atom stereocenters. The molecule has 2 aromatic heterocycles. The van der Waals surface area contributed by atoms with E-state index in [1.54, 1.807) is 25.1 Å². The molecule has 1 N–H and O–H groups in total. The molecule has 5 rings (SSSR count). The molecule has 1 unspecified atom stereocenters. The summed E-state index contributed by atoms with van der Waals surface area (Å²) in [6.07, 6.45) is 3.45. The van der Waals surface area contributed by atoms with E-state index >= 15 is 0 Å². The highest BCUT2D eigenvalue weighted by molar-refractivity contribution is 7.17. The van der Waals surface area contributed by atoms with Gasteiger partial charge < -0.3 is 19.4 Å². The van der Waals surface area contributed by atoms with Crippen LogP contribution in [0.15, 0.2) is 59.4 Å². The Bertz CT molecular complexity index is 1690. The number of benzene rings is 2. The number of pyridine rings is 1. The molecule has 0 radical (unpaired) electrons. The Labute approximate surface area is 241 Å². The minimum absolute atomic E-state index is 0.0506. The molecule has 0 fully saturated rings. The number of fused-ring (bicyclic) bond motifs is 2. The van der Waals surface area contributed by atoms with Gasteiger partial charge in [-0.05, 0) is 62.1 Å². The zero-order valence-electron chi connectivity index (χ0n) is 23.3. The van der Waals surface area contributed by atoms with Crippen LogP contribution in [0.2, 0.25) is 0 Å². The molecule has 2 aromatic carbocycles. The molecule has 4 aromatic rings. The SMILES string of the molecule is CCOC(=O)c1c(NC(=O)C(C)OC(=O)c2c(-c3ccccc3)c3ccccc3c(=O)n2C)sc2c1CCCCC2. The maximum Gasteiger partial charge on any atom is 0.356 e. The van der Waals surface area contributed by atoms with E-state index in [0.717, 1.165) is 48.1 Å². The normalized spacial score (nSPS) is 13.6. The highest BCUT2D eigenvalue weighted by Gasteiger charge is 2.30.